The van der Waals surface area contributed by atoms with Gasteiger partial charge in [-0.2, -0.15) is 0 Å². The fourth-order valence-electron chi connectivity index (χ4n) is 1.76. The summed E-state index contributed by atoms with van der Waals surface area (Å²) >= 11 is 6.13. The predicted molar refractivity (Wildman–Crippen MR) is 71.1 cm³/mol. The van der Waals surface area contributed by atoms with Crippen LogP contribution >= 0.6 is 11.6 Å². The summed E-state index contributed by atoms with van der Waals surface area (Å²) in [5.74, 6) is 1.92. The molecular weight excluding hydrogens is 252 g/mol. The zero-order chi connectivity index (χ0) is 13.3. The number of halogens is 1. The van der Waals surface area contributed by atoms with Gasteiger partial charge < -0.3 is 10.2 Å². The van der Waals surface area contributed by atoms with Crippen LogP contribution in [0.25, 0.3) is 0 Å². The van der Waals surface area contributed by atoms with Gasteiger partial charge in [-0.05, 0) is 19.8 Å². The number of nitrogens with one attached hydrogen (secondary N) is 1. The van der Waals surface area contributed by atoms with E-state index in [1.807, 2.05) is 14.0 Å². The van der Waals surface area contributed by atoms with Gasteiger partial charge in [-0.3, -0.25) is 4.79 Å². The Morgan fingerprint density at radius 1 is 1.50 bits per heavy atom. The van der Waals surface area contributed by atoms with Crippen LogP contribution in [0.5, 0.6) is 0 Å². The second kappa shape index (κ2) is 5.10. The van der Waals surface area contributed by atoms with E-state index in [0.717, 1.165) is 30.0 Å². The van der Waals surface area contributed by atoms with E-state index in [1.165, 1.54) is 0 Å². The summed E-state index contributed by atoms with van der Waals surface area (Å²) < 4.78 is 0. The number of amides is 1. The lowest BCUT2D eigenvalue weighted by atomic mass is 10.3. The maximum absolute atomic E-state index is 11.4. The summed E-state index contributed by atoms with van der Waals surface area (Å²) in [5.41, 5.74) is 0.812. The molecule has 1 saturated carbocycles. The fourth-order valence-corrected chi connectivity index (χ4v) is 1.93. The second-order valence-corrected chi connectivity index (χ2v) is 4.98. The number of likely N-dealkylation sites (N-methyl/N-ethyl adjacent to an activating group) is 2. The summed E-state index contributed by atoms with van der Waals surface area (Å²) in [6, 6.07) is 0. The van der Waals surface area contributed by atoms with E-state index in [9.17, 15) is 4.79 Å². The molecule has 1 aromatic heterocycles. The Bertz CT molecular complexity index is 473. The van der Waals surface area contributed by atoms with Crippen molar-refractivity contribution < 1.29 is 4.79 Å². The van der Waals surface area contributed by atoms with Crippen molar-refractivity contribution in [3.63, 3.8) is 0 Å². The number of hydrogen-bond donors (Lipinski definition) is 1. The molecule has 1 aromatic rings. The van der Waals surface area contributed by atoms with Gasteiger partial charge in [-0.15, -0.1) is 0 Å². The summed E-state index contributed by atoms with van der Waals surface area (Å²) in [4.78, 5) is 22.0. The molecule has 5 nitrogen and oxygen atoms in total. The normalized spacial score (nSPS) is 14.4. The molecule has 0 radical (unpaired) electrons. The molecular formula is C12H17ClN4O. The van der Waals surface area contributed by atoms with E-state index < -0.39 is 0 Å². The van der Waals surface area contributed by atoms with Crippen LogP contribution in [-0.2, 0) is 4.79 Å². The first-order chi connectivity index (χ1) is 8.52. The minimum Gasteiger partial charge on any atom is -0.358 e. The SMILES string of the molecule is CNC(=O)CN(C)c1nc(C2CC2)nc(Cl)c1C. The molecule has 1 amide bonds. The average molecular weight is 269 g/mol. The third-order valence-electron chi connectivity index (χ3n) is 3.04. The zero-order valence-corrected chi connectivity index (χ0v) is 11.6. The summed E-state index contributed by atoms with van der Waals surface area (Å²) in [6.07, 6.45) is 2.25. The standard InChI is InChI=1S/C12H17ClN4O/c1-7-10(13)15-11(8-4-5-8)16-12(7)17(3)6-9(18)14-2/h8H,4-6H2,1-3H3,(H,14,18). The third-order valence-corrected chi connectivity index (χ3v) is 3.41. The van der Waals surface area contributed by atoms with Crippen LogP contribution in [0.15, 0.2) is 0 Å². The Morgan fingerprint density at radius 2 is 2.17 bits per heavy atom. The monoisotopic (exact) mass is 268 g/mol. The molecule has 1 heterocycles. The van der Waals surface area contributed by atoms with Gasteiger partial charge in [0.25, 0.3) is 0 Å². The summed E-state index contributed by atoms with van der Waals surface area (Å²) in [7, 11) is 3.45. The first kappa shape index (κ1) is 13.1. The van der Waals surface area contributed by atoms with Gasteiger partial charge in [-0.25, -0.2) is 9.97 Å². The molecule has 0 saturated heterocycles. The molecule has 0 unspecified atom stereocenters. The summed E-state index contributed by atoms with van der Waals surface area (Å²) in [6.45, 7) is 2.13. The number of rotatable bonds is 4. The molecule has 1 N–H and O–H groups in total. The number of carbonyl (C=O) groups excluding carboxylic acids is 1. The van der Waals surface area contributed by atoms with Crippen molar-refractivity contribution in [2.45, 2.75) is 25.7 Å². The smallest absolute Gasteiger partial charge is 0.239 e. The van der Waals surface area contributed by atoms with E-state index in [0.29, 0.717) is 11.1 Å². The lowest BCUT2D eigenvalue weighted by Gasteiger charge is -2.20. The number of nitrogens with zero attached hydrogens (tertiary/aromatic N) is 3. The predicted octanol–water partition coefficient (Wildman–Crippen LogP) is 1.50. The molecule has 0 spiro atoms. The van der Waals surface area contributed by atoms with Crippen LogP contribution in [0.2, 0.25) is 5.15 Å². The quantitative estimate of drug-likeness (QED) is 0.841. The molecule has 1 fully saturated rings. The Labute approximate surface area is 112 Å². The maximum atomic E-state index is 11.4. The lowest BCUT2D eigenvalue weighted by molar-refractivity contribution is -0.119. The topological polar surface area (TPSA) is 58.1 Å². The largest absolute Gasteiger partial charge is 0.358 e. The van der Waals surface area contributed by atoms with E-state index in [4.69, 9.17) is 11.6 Å². The molecule has 2 rings (SSSR count). The van der Waals surface area contributed by atoms with Crippen molar-refractivity contribution >= 4 is 23.3 Å². The molecule has 1 aliphatic carbocycles. The van der Waals surface area contributed by atoms with Crippen LogP contribution in [0.1, 0.15) is 30.1 Å². The van der Waals surface area contributed by atoms with Crippen molar-refractivity contribution in [2.75, 3.05) is 25.5 Å². The lowest BCUT2D eigenvalue weighted by Crippen LogP contribution is -2.34. The summed E-state index contributed by atoms with van der Waals surface area (Å²) in [5, 5.41) is 3.07. The van der Waals surface area contributed by atoms with E-state index in [1.54, 1.807) is 11.9 Å². The minimum atomic E-state index is -0.0559. The highest BCUT2D eigenvalue weighted by atomic mass is 35.5. The number of aromatic nitrogens is 2. The zero-order valence-electron chi connectivity index (χ0n) is 10.8. The van der Waals surface area contributed by atoms with Crippen LogP contribution in [0, 0.1) is 6.92 Å². The van der Waals surface area contributed by atoms with Crippen LogP contribution < -0.4 is 10.2 Å². The Kier molecular flexibility index (Phi) is 3.71. The van der Waals surface area contributed by atoms with Crippen LogP contribution in [0.4, 0.5) is 5.82 Å². The van der Waals surface area contributed by atoms with Crippen molar-refractivity contribution in [2.24, 2.45) is 0 Å². The molecule has 18 heavy (non-hydrogen) atoms. The molecule has 6 heteroatoms. The van der Waals surface area contributed by atoms with E-state index in [-0.39, 0.29) is 12.5 Å². The van der Waals surface area contributed by atoms with Gasteiger partial charge in [0.15, 0.2) is 0 Å². The van der Waals surface area contributed by atoms with Crippen molar-refractivity contribution in [1.82, 2.24) is 15.3 Å². The van der Waals surface area contributed by atoms with Gasteiger partial charge in [0.2, 0.25) is 5.91 Å². The van der Waals surface area contributed by atoms with Gasteiger partial charge in [0.1, 0.15) is 16.8 Å². The molecule has 1 aliphatic rings. The highest BCUT2D eigenvalue weighted by Crippen LogP contribution is 2.39. The average Bonchev–Trinajstić information content (AvgIpc) is 3.16. The minimum absolute atomic E-state index is 0.0559. The van der Waals surface area contributed by atoms with Crippen molar-refractivity contribution in [3.05, 3.63) is 16.5 Å². The molecule has 0 atom stereocenters. The molecule has 0 aromatic carbocycles. The maximum Gasteiger partial charge on any atom is 0.239 e. The highest BCUT2D eigenvalue weighted by Gasteiger charge is 2.28. The van der Waals surface area contributed by atoms with Crippen molar-refractivity contribution in [1.29, 1.82) is 0 Å². The number of anilines is 1. The van der Waals surface area contributed by atoms with E-state index >= 15 is 0 Å². The van der Waals surface area contributed by atoms with Crippen LogP contribution in [-0.4, -0.2) is 36.5 Å². The number of hydrogen-bond acceptors (Lipinski definition) is 4. The van der Waals surface area contributed by atoms with Crippen molar-refractivity contribution in [3.8, 4) is 0 Å². The highest BCUT2D eigenvalue weighted by molar-refractivity contribution is 6.30. The molecule has 98 valence electrons. The Morgan fingerprint density at radius 3 is 2.72 bits per heavy atom. The van der Waals surface area contributed by atoms with Gasteiger partial charge >= 0.3 is 0 Å². The first-order valence-electron chi connectivity index (χ1n) is 5.98. The molecule has 0 bridgehead atoms. The van der Waals surface area contributed by atoms with E-state index in [2.05, 4.69) is 15.3 Å². The third kappa shape index (κ3) is 2.72. The van der Waals surface area contributed by atoms with Crippen LogP contribution in [0.3, 0.4) is 0 Å². The second-order valence-electron chi connectivity index (χ2n) is 4.62. The first-order valence-corrected chi connectivity index (χ1v) is 6.36. The van der Waals surface area contributed by atoms with Gasteiger partial charge in [0, 0.05) is 25.6 Å². The molecule has 0 aliphatic heterocycles. The Balaban J connectivity index is 2.27. The Hall–Kier alpha value is -1.36. The number of carbonyl (C=O) groups is 1. The fraction of sp³-hybridized carbons (Fsp3) is 0.583. The van der Waals surface area contributed by atoms with Gasteiger partial charge in [0.05, 0.1) is 6.54 Å². The van der Waals surface area contributed by atoms with Gasteiger partial charge in [-0.1, -0.05) is 11.6 Å².